The largest absolute Gasteiger partial charge is 0.496 e. The Morgan fingerprint density at radius 3 is 2.09 bits per heavy atom. The molecule has 0 bridgehead atoms. The second-order valence-corrected chi connectivity index (χ2v) is 4.82. The molecule has 122 valence electrons. The van der Waals surface area contributed by atoms with Gasteiger partial charge >= 0.3 is 0 Å². The molecule has 0 aliphatic heterocycles. The molecule has 5 nitrogen and oxygen atoms in total. The highest BCUT2D eigenvalue weighted by molar-refractivity contribution is 5.50. The molecule has 0 saturated heterocycles. The third-order valence-corrected chi connectivity index (χ3v) is 3.55. The van der Waals surface area contributed by atoms with E-state index in [-0.39, 0.29) is 6.04 Å². The molecule has 0 N–H and O–H groups in total. The van der Waals surface area contributed by atoms with E-state index < -0.39 is 0 Å². The number of terminal acetylenes is 1. The first-order chi connectivity index (χ1) is 10.6. The summed E-state index contributed by atoms with van der Waals surface area (Å²) in [5.74, 6) is 4.86. The Hall–Kier alpha value is -1.90. The fourth-order valence-corrected chi connectivity index (χ4v) is 2.16. The first-order valence-corrected chi connectivity index (χ1v) is 7.09. The van der Waals surface area contributed by atoms with Crippen LogP contribution in [0.5, 0.6) is 17.2 Å². The zero-order valence-electron chi connectivity index (χ0n) is 14.0. The molecule has 5 heteroatoms. The smallest absolute Gasteiger partial charge is 0.130 e. The number of ether oxygens (including phenoxy) is 4. The first kappa shape index (κ1) is 18.1. The van der Waals surface area contributed by atoms with Crippen molar-refractivity contribution in [1.29, 1.82) is 0 Å². The van der Waals surface area contributed by atoms with Gasteiger partial charge in [-0.2, -0.15) is 0 Å². The van der Waals surface area contributed by atoms with Gasteiger partial charge < -0.3 is 18.9 Å². The highest BCUT2D eigenvalue weighted by Gasteiger charge is 2.19. The lowest BCUT2D eigenvalue weighted by Crippen LogP contribution is -2.34. The standard InChI is InChI=1S/C17H25NO4/c1-7-13(2)18(8-9-19-3)12-15-16(21-5)10-14(20-4)11-17(15)22-6/h1,10-11,13H,8-9,12H2,2-6H3/t13-/m1/s1. The van der Waals surface area contributed by atoms with E-state index in [9.17, 15) is 0 Å². The Morgan fingerprint density at radius 1 is 1.09 bits per heavy atom. The van der Waals surface area contributed by atoms with Crippen LogP contribution in [0.15, 0.2) is 12.1 Å². The average molecular weight is 307 g/mol. The zero-order chi connectivity index (χ0) is 16.5. The molecular formula is C17H25NO4. The summed E-state index contributed by atoms with van der Waals surface area (Å²) >= 11 is 0. The zero-order valence-corrected chi connectivity index (χ0v) is 14.0. The van der Waals surface area contributed by atoms with Crippen LogP contribution >= 0.6 is 0 Å². The van der Waals surface area contributed by atoms with Crippen molar-refractivity contribution in [1.82, 2.24) is 4.90 Å². The molecule has 1 aromatic rings. The Kier molecular flexibility index (Phi) is 7.58. The molecule has 0 unspecified atom stereocenters. The molecule has 0 amide bonds. The van der Waals surface area contributed by atoms with E-state index in [1.165, 1.54) is 0 Å². The van der Waals surface area contributed by atoms with Gasteiger partial charge in [-0.25, -0.2) is 0 Å². The van der Waals surface area contributed by atoms with E-state index in [1.807, 2.05) is 19.1 Å². The number of methoxy groups -OCH3 is 4. The summed E-state index contributed by atoms with van der Waals surface area (Å²) in [5.41, 5.74) is 0.934. The topological polar surface area (TPSA) is 40.2 Å². The Balaban J connectivity index is 3.14. The van der Waals surface area contributed by atoms with Crippen LogP contribution < -0.4 is 14.2 Å². The van der Waals surface area contributed by atoms with Crippen molar-refractivity contribution in [2.45, 2.75) is 19.5 Å². The fourth-order valence-electron chi connectivity index (χ4n) is 2.16. The van der Waals surface area contributed by atoms with Crippen LogP contribution in [0.1, 0.15) is 12.5 Å². The van der Waals surface area contributed by atoms with Crippen LogP contribution in [0.4, 0.5) is 0 Å². The summed E-state index contributed by atoms with van der Waals surface area (Å²) in [5, 5.41) is 0. The second-order valence-electron chi connectivity index (χ2n) is 4.82. The minimum atomic E-state index is -0.0216. The molecule has 0 aliphatic carbocycles. The third-order valence-electron chi connectivity index (χ3n) is 3.55. The van der Waals surface area contributed by atoms with E-state index in [0.717, 1.165) is 12.1 Å². The SMILES string of the molecule is C#C[C@@H](C)N(CCOC)Cc1c(OC)cc(OC)cc1OC. The molecule has 0 aliphatic rings. The molecule has 1 atom stereocenters. The number of benzene rings is 1. The number of hydrogen-bond donors (Lipinski definition) is 0. The number of nitrogens with zero attached hydrogens (tertiary/aromatic N) is 1. The molecule has 0 heterocycles. The first-order valence-electron chi connectivity index (χ1n) is 7.09. The highest BCUT2D eigenvalue weighted by atomic mass is 16.5. The van der Waals surface area contributed by atoms with E-state index in [2.05, 4.69) is 10.8 Å². The maximum Gasteiger partial charge on any atom is 0.130 e. The van der Waals surface area contributed by atoms with Gasteiger partial charge in [-0.1, -0.05) is 5.92 Å². The number of rotatable bonds is 9. The van der Waals surface area contributed by atoms with Crippen LogP contribution in [-0.2, 0) is 11.3 Å². The minimum Gasteiger partial charge on any atom is -0.496 e. The minimum absolute atomic E-state index is 0.0216. The van der Waals surface area contributed by atoms with E-state index >= 15 is 0 Å². The van der Waals surface area contributed by atoms with Gasteiger partial charge in [0, 0.05) is 32.3 Å². The lowest BCUT2D eigenvalue weighted by molar-refractivity contribution is 0.133. The van der Waals surface area contributed by atoms with Crippen molar-refractivity contribution in [3.8, 4) is 29.6 Å². The van der Waals surface area contributed by atoms with Crippen LogP contribution in [0.25, 0.3) is 0 Å². The molecule has 0 radical (unpaired) electrons. The van der Waals surface area contributed by atoms with Gasteiger partial charge in [0.05, 0.1) is 39.5 Å². The Labute approximate surface area is 133 Å². The van der Waals surface area contributed by atoms with Gasteiger partial charge in [-0.3, -0.25) is 4.90 Å². The Bertz CT molecular complexity index is 485. The quantitative estimate of drug-likeness (QED) is 0.654. The summed E-state index contributed by atoms with van der Waals surface area (Å²) < 4.78 is 21.4. The normalized spacial score (nSPS) is 11.9. The van der Waals surface area contributed by atoms with Crippen molar-refractivity contribution in [3.63, 3.8) is 0 Å². The summed E-state index contributed by atoms with van der Waals surface area (Å²) in [7, 11) is 6.54. The third kappa shape index (κ3) is 4.55. The van der Waals surface area contributed by atoms with Gasteiger partial charge in [0.15, 0.2) is 0 Å². The molecule has 22 heavy (non-hydrogen) atoms. The monoisotopic (exact) mass is 307 g/mol. The van der Waals surface area contributed by atoms with Crippen molar-refractivity contribution < 1.29 is 18.9 Å². The van der Waals surface area contributed by atoms with Crippen LogP contribution in [-0.4, -0.2) is 52.5 Å². The Morgan fingerprint density at radius 2 is 1.68 bits per heavy atom. The molecular weight excluding hydrogens is 282 g/mol. The molecule has 1 rings (SSSR count). The predicted octanol–water partition coefficient (Wildman–Crippen LogP) is 2.18. The second kappa shape index (κ2) is 9.19. The maximum atomic E-state index is 5.57. The average Bonchev–Trinajstić information content (AvgIpc) is 2.57. The van der Waals surface area contributed by atoms with Crippen LogP contribution in [0.2, 0.25) is 0 Å². The van der Waals surface area contributed by atoms with Crippen molar-refractivity contribution in [2.75, 3.05) is 41.6 Å². The lowest BCUT2D eigenvalue weighted by Gasteiger charge is -2.27. The van der Waals surface area contributed by atoms with Crippen LogP contribution in [0, 0.1) is 12.3 Å². The fraction of sp³-hybridized carbons (Fsp3) is 0.529. The van der Waals surface area contributed by atoms with Crippen molar-refractivity contribution in [3.05, 3.63) is 17.7 Å². The van der Waals surface area contributed by atoms with Gasteiger partial charge in [0.25, 0.3) is 0 Å². The summed E-state index contributed by atoms with van der Waals surface area (Å²) in [4.78, 5) is 2.14. The molecule has 0 saturated carbocycles. The maximum absolute atomic E-state index is 5.57. The van der Waals surface area contributed by atoms with Gasteiger partial charge in [-0.05, 0) is 6.92 Å². The summed E-state index contributed by atoms with van der Waals surface area (Å²) in [6.07, 6.45) is 5.57. The molecule has 1 aromatic carbocycles. The highest BCUT2D eigenvalue weighted by Crippen LogP contribution is 2.35. The lowest BCUT2D eigenvalue weighted by atomic mass is 10.1. The van der Waals surface area contributed by atoms with E-state index in [4.69, 9.17) is 25.4 Å². The van der Waals surface area contributed by atoms with Gasteiger partial charge in [0.1, 0.15) is 17.2 Å². The van der Waals surface area contributed by atoms with Crippen LogP contribution in [0.3, 0.4) is 0 Å². The van der Waals surface area contributed by atoms with Crippen molar-refractivity contribution in [2.24, 2.45) is 0 Å². The molecule has 0 spiro atoms. The predicted molar refractivity (Wildman–Crippen MR) is 86.7 cm³/mol. The molecule has 0 fully saturated rings. The van der Waals surface area contributed by atoms with E-state index in [0.29, 0.717) is 30.4 Å². The van der Waals surface area contributed by atoms with Gasteiger partial charge in [-0.15, -0.1) is 6.42 Å². The number of hydrogen-bond acceptors (Lipinski definition) is 5. The summed E-state index contributed by atoms with van der Waals surface area (Å²) in [6, 6.07) is 3.66. The summed E-state index contributed by atoms with van der Waals surface area (Å²) in [6.45, 7) is 3.91. The van der Waals surface area contributed by atoms with Crippen molar-refractivity contribution >= 4 is 0 Å². The van der Waals surface area contributed by atoms with Gasteiger partial charge in [0.2, 0.25) is 0 Å². The molecule has 0 aromatic heterocycles. The van der Waals surface area contributed by atoms with E-state index in [1.54, 1.807) is 28.4 Å².